The van der Waals surface area contributed by atoms with Gasteiger partial charge in [0, 0.05) is 10.2 Å². The third-order valence-electron chi connectivity index (χ3n) is 6.79. The maximum Gasteiger partial charge on any atom is 0.203 e. The van der Waals surface area contributed by atoms with Crippen LogP contribution in [0.3, 0.4) is 0 Å². The quantitative estimate of drug-likeness (QED) is 0.639. The largest absolute Gasteiger partial charge is 0.487 e. The molecule has 0 spiro atoms. The van der Waals surface area contributed by atoms with Crippen LogP contribution in [0.1, 0.15) is 96.3 Å². The van der Waals surface area contributed by atoms with Crippen LogP contribution in [0.5, 0.6) is 17.2 Å². The Morgan fingerprint density at radius 3 is 1.46 bits per heavy atom. The summed E-state index contributed by atoms with van der Waals surface area (Å²) in [6.07, 6.45) is 19.8. The van der Waals surface area contributed by atoms with Crippen LogP contribution in [0, 0.1) is 0 Å². The van der Waals surface area contributed by atoms with E-state index in [1.807, 2.05) is 0 Å². The average Bonchev–Trinajstić information content (AvgIpc) is 2.75. The summed E-state index contributed by atoms with van der Waals surface area (Å²) in [7, 11) is 0.972. The fourth-order valence-electron chi connectivity index (χ4n) is 5.06. The zero-order chi connectivity index (χ0) is 19.2. The highest BCUT2D eigenvalue weighted by molar-refractivity contribution is 6.34. The van der Waals surface area contributed by atoms with Crippen LogP contribution in [0.4, 0.5) is 0 Å². The van der Waals surface area contributed by atoms with Crippen molar-refractivity contribution in [3.05, 3.63) is 12.1 Å². The van der Waals surface area contributed by atoms with Crippen molar-refractivity contribution in [1.29, 1.82) is 0 Å². The molecule has 3 aliphatic carbocycles. The molecule has 3 aliphatic rings. The molecule has 0 aromatic heterocycles. The van der Waals surface area contributed by atoms with Gasteiger partial charge in [-0.15, -0.1) is 0 Å². The van der Waals surface area contributed by atoms with Gasteiger partial charge in [0.05, 0.1) is 18.3 Å². The smallest absolute Gasteiger partial charge is 0.203 e. The molecule has 4 rings (SSSR count). The molecule has 0 saturated heterocycles. The summed E-state index contributed by atoms with van der Waals surface area (Å²) in [5.74, 6) is 2.87. The Bertz CT molecular complexity index is 615. The van der Waals surface area contributed by atoms with Gasteiger partial charge in [0.2, 0.25) is 5.75 Å². The van der Waals surface area contributed by atoms with Crippen LogP contribution in [0.15, 0.2) is 12.1 Å². The molecule has 3 saturated carbocycles. The molecular weight excluding hydrogens is 364 g/mol. The predicted molar refractivity (Wildman–Crippen MR) is 119 cm³/mol. The molecule has 0 aliphatic heterocycles. The lowest BCUT2D eigenvalue weighted by molar-refractivity contribution is 0.107. The zero-order valence-corrected chi connectivity index (χ0v) is 19.7. The van der Waals surface area contributed by atoms with Crippen LogP contribution in [0.2, 0.25) is 0 Å². The van der Waals surface area contributed by atoms with E-state index in [0.29, 0.717) is 18.3 Å². The summed E-state index contributed by atoms with van der Waals surface area (Å²) >= 11 is 0. The molecule has 3 nitrogen and oxygen atoms in total. The first-order valence-electron chi connectivity index (χ1n) is 11.9. The van der Waals surface area contributed by atoms with Gasteiger partial charge in [-0.3, -0.25) is 0 Å². The van der Waals surface area contributed by atoms with Crippen molar-refractivity contribution in [2.24, 2.45) is 0 Å². The second-order valence-corrected chi connectivity index (χ2v) is 10.2. The summed E-state index contributed by atoms with van der Waals surface area (Å²) in [5.41, 5.74) is 0. The molecule has 1 aromatic carbocycles. The summed E-state index contributed by atoms with van der Waals surface area (Å²) in [6, 6.07) is 4.37. The van der Waals surface area contributed by atoms with Crippen molar-refractivity contribution in [3.63, 3.8) is 0 Å². The van der Waals surface area contributed by atoms with E-state index in [9.17, 15) is 0 Å². The Morgan fingerprint density at radius 1 is 0.536 bits per heavy atom. The molecule has 0 N–H and O–H groups in total. The minimum Gasteiger partial charge on any atom is -0.487 e. The van der Waals surface area contributed by atoms with E-state index in [0.717, 1.165) is 40.3 Å². The lowest BCUT2D eigenvalue weighted by Gasteiger charge is -2.30. The molecule has 1 aromatic rings. The first-order valence-corrected chi connectivity index (χ1v) is 12.9. The molecule has 0 unspecified atom stereocenters. The summed E-state index contributed by atoms with van der Waals surface area (Å²) in [6.45, 7) is 0. The van der Waals surface area contributed by atoms with E-state index in [4.69, 9.17) is 14.2 Å². The van der Waals surface area contributed by atoms with E-state index in [1.165, 1.54) is 88.7 Å². The van der Waals surface area contributed by atoms with Crippen molar-refractivity contribution in [3.8, 4) is 17.2 Å². The van der Waals surface area contributed by atoms with Crippen LogP contribution in [-0.4, -0.2) is 28.6 Å². The minimum absolute atomic E-state index is 0.319. The number of hydrogen-bond acceptors (Lipinski definition) is 3. The fourth-order valence-corrected chi connectivity index (χ4v) is 5.57. The van der Waals surface area contributed by atoms with Crippen molar-refractivity contribution >= 4 is 15.4 Å². The Hall–Kier alpha value is -1.16. The van der Waals surface area contributed by atoms with Crippen LogP contribution in [0.25, 0.3) is 0 Å². The van der Waals surface area contributed by atoms with Crippen molar-refractivity contribution in [1.82, 2.24) is 0 Å². The lowest BCUT2D eigenvalue weighted by Crippen LogP contribution is -2.27. The standard InChI is InChI=1S/C24H38O3Si/c28-22-17-16-21(25-18-10-4-1-5-11-18)23(26-19-12-6-2-7-13-19)24(22)27-20-14-8-3-9-15-20/h16-20H,1-15H2,28H3. The molecule has 0 heterocycles. The van der Waals surface area contributed by atoms with Gasteiger partial charge in [0.25, 0.3) is 0 Å². The number of benzene rings is 1. The van der Waals surface area contributed by atoms with E-state index in [-0.39, 0.29) is 0 Å². The Morgan fingerprint density at radius 2 is 0.964 bits per heavy atom. The first-order chi connectivity index (χ1) is 13.8. The predicted octanol–water partition coefficient (Wildman–Crippen LogP) is 4.81. The van der Waals surface area contributed by atoms with E-state index >= 15 is 0 Å². The summed E-state index contributed by atoms with van der Waals surface area (Å²) in [5, 5.41) is 1.31. The van der Waals surface area contributed by atoms with Crippen LogP contribution in [-0.2, 0) is 0 Å². The molecule has 4 heteroatoms. The Balaban J connectivity index is 1.58. The molecule has 156 valence electrons. The van der Waals surface area contributed by atoms with Crippen LogP contribution >= 0.6 is 0 Å². The molecule has 0 atom stereocenters. The van der Waals surface area contributed by atoms with E-state index in [2.05, 4.69) is 12.1 Å². The van der Waals surface area contributed by atoms with Gasteiger partial charge in [-0.25, -0.2) is 0 Å². The lowest BCUT2D eigenvalue weighted by atomic mass is 9.97. The second-order valence-electron chi connectivity index (χ2n) is 9.17. The van der Waals surface area contributed by atoms with Crippen molar-refractivity contribution in [2.45, 2.75) is 115 Å². The maximum absolute atomic E-state index is 6.65. The highest BCUT2D eigenvalue weighted by Crippen LogP contribution is 2.41. The molecular formula is C24H38O3Si. The molecule has 0 amide bonds. The SMILES string of the molecule is [SiH3]c1ccc(OC2CCCCC2)c(OC2CCCCC2)c1OC1CCCCC1. The molecule has 3 fully saturated rings. The molecule has 28 heavy (non-hydrogen) atoms. The van der Waals surface area contributed by atoms with Gasteiger partial charge in [-0.2, -0.15) is 0 Å². The number of hydrogen-bond donors (Lipinski definition) is 0. The van der Waals surface area contributed by atoms with Gasteiger partial charge < -0.3 is 14.2 Å². The van der Waals surface area contributed by atoms with Gasteiger partial charge in [0.15, 0.2) is 11.5 Å². The highest BCUT2D eigenvalue weighted by Gasteiger charge is 2.26. The number of ether oxygens (including phenoxy) is 3. The zero-order valence-electron chi connectivity index (χ0n) is 17.7. The Labute approximate surface area is 173 Å². The Kier molecular flexibility index (Phi) is 7.22. The summed E-state index contributed by atoms with van der Waals surface area (Å²) in [4.78, 5) is 0. The van der Waals surface area contributed by atoms with E-state index < -0.39 is 0 Å². The molecule has 0 radical (unpaired) electrons. The van der Waals surface area contributed by atoms with Gasteiger partial charge in [0.1, 0.15) is 0 Å². The number of rotatable bonds is 6. The summed E-state index contributed by atoms with van der Waals surface area (Å²) < 4.78 is 19.8. The van der Waals surface area contributed by atoms with E-state index in [1.54, 1.807) is 0 Å². The third kappa shape index (κ3) is 5.25. The van der Waals surface area contributed by atoms with Gasteiger partial charge in [-0.1, -0.05) is 25.3 Å². The average molecular weight is 403 g/mol. The normalized spacial score (nSPS) is 22.9. The first kappa shape index (κ1) is 20.1. The molecule has 0 bridgehead atoms. The van der Waals surface area contributed by atoms with Gasteiger partial charge >= 0.3 is 0 Å². The minimum atomic E-state index is 0.319. The third-order valence-corrected chi connectivity index (χ3v) is 7.58. The maximum atomic E-state index is 6.65. The highest BCUT2D eigenvalue weighted by atomic mass is 28.1. The monoisotopic (exact) mass is 402 g/mol. The van der Waals surface area contributed by atoms with Gasteiger partial charge in [-0.05, 0) is 88.3 Å². The van der Waals surface area contributed by atoms with Crippen molar-refractivity contribution in [2.75, 3.05) is 0 Å². The van der Waals surface area contributed by atoms with Crippen LogP contribution < -0.4 is 19.4 Å². The van der Waals surface area contributed by atoms with Crippen molar-refractivity contribution < 1.29 is 14.2 Å². The topological polar surface area (TPSA) is 27.7 Å². The second kappa shape index (κ2) is 10.0. The fraction of sp³-hybridized carbons (Fsp3) is 0.750.